The molecule has 0 bridgehead atoms. The molecule has 7 heteroatoms. The van der Waals surface area contributed by atoms with Crippen LogP contribution in [0.5, 0.6) is 0 Å². The van der Waals surface area contributed by atoms with Gasteiger partial charge in [-0.3, -0.25) is 4.98 Å². The van der Waals surface area contributed by atoms with Crippen molar-refractivity contribution in [2.45, 2.75) is 37.1 Å². The summed E-state index contributed by atoms with van der Waals surface area (Å²) in [7, 11) is -3.70. The van der Waals surface area contributed by atoms with Gasteiger partial charge < -0.3 is 0 Å². The summed E-state index contributed by atoms with van der Waals surface area (Å²) in [6, 6.07) is 15.1. The number of aryl methyl sites for hydroxylation is 1. The van der Waals surface area contributed by atoms with Crippen LogP contribution in [0.15, 0.2) is 59.6 Å². The first-order chi connectivity index (χ1) is 14.0. The summed E-state index contributed by atoms with van der Waals surface area (Å²) >= 11 is 1.59. The van der Waals surface area contributed by atoms with E-state index < -0.39 is 10.0 Å². The number of sulfonamides is 1. The SMILES string of the molecule is Cc1cnc2c(S(=O)(=O)N3CCCC[C@H]3c3nc4ccccc4s3)cccc2c1. The third-order valence-electron chi connectivity index (χ3n) is 5.45. The van der Waals surface area contributed by atoms with Gasteiger partial charge in [0.1, 0.15) is 9.90 Å². The summed E-state index contributed by atoms with van der Waals surface area (Å²) in [5.74, 6) is 0. The summed E-state index contributed by atoms with van der Waals surface area (Å²) in [6.07, 6.45) is 4.37. The monoisotopic (exact) mass is 423 g/mol. The van der Waals surface area contributed by atoms with E-state index in [1.165, 1.54) is 0 Å². The van der Waals surface area contributed by atoms with Gasteiger partial charge in [0.2, 0.25) is 10.0 Å². The van der Waals surface area contributed by atoms with Gasteiger partial charge in [0.05, 0.1) is 21.8 Å². The number of aromatic nitrogens is 2. The highest BCUT2D eigenvalue weighted by Crippen LogP contribution is 2.39. The molecule has 1 saturated heterocycles. The fourth-order valence-corrected chi connectivity index (χ4v) is 7.06. The number of nitrogens with zero attached hydrogens (tertiary/aromatic N) is 3. The number of pyridine rings is 1. The molecular weight excluding hydrogens is 402 g/mol. The number of thiazole rings is 1. The van der Waals surface area contributed by atoms with Crippen LogP contribution in [0.4, 0.5) is 0 Å². The highest BCUT2D eigenvalue weighted by Gasteiger charge is 2.37. The van der Waals surface area contributed by atoms with Crippen molar-refractivity contribution in [2.24, 2.45) is 0 Å². The lowest BCUT2D eigenvalue weighted by Crippen LogP contribution is -2.38. The van der Waals surface area contributed by atoms with Crippen LogP contribution in [0, 0.1) is 6.92 Å². The van der Waals surface area contributed by atoms with Crippen molar-refractivity contribution < 1.29 is 8.42 Å². The Morgan fingerprint density at radius 2 is 1.97 bits per heavy atom. The second-order valence-corrected chi connectivity index (χ2v) is 10.4. The fraction of sp³-hybridized carbons (Fsp3) is 0.273. The number of para-hydroxylation sites is 2. The molecule has 0 saturated carbocycles. The van der Waals surface area contributed by atoms with E-state index in [-0.39, 0.29) is 10.9 Å². The van der Waals surface area contributed by atoms with Crippen molar-refractivity contribution >= 4 is 42.5 Å². The van der Waals surface area contributed by atoms with Crippen molar-refractivity contribution in [3.8, 4) is 0 Å². The lowest BCUT2D eigenvalue weighted by Gasteiger charge is -2.33. The number of hydrogen-bond acceptors (Lipinski definition) is 5. The molecule has 3 heterocycles. The van der Waals surface area contributed by atoms with Crippen LogP contribution < -0.4 is 0 Å². The Balaban J connectivity index is 1.62. The van der Waals surface area contributed by atoms with Crippen molar-refractivity contribution in [3.05, 3.63) is 65.3 Å². The maximum Gasteiger partial charge on any atom is 0.245 e. The minimum absolute atomic E-state index is 0.230. The predicted octanol–water partition coefficient (Wildman–Crippen LogP) is 5.07. The molecule has 5 nitrogen and oxygen atoms in total. The third-order valence-corrected chi connectivity index (χ3v) is 8.52. The highest BCUT2D eigenvalue weighted by molar-refractivity contribution is 7.89. The molecular formula is C22H21N3O2S2. The Hall–Kier alpha value is -2.35. The second-order valence-electron chi connectivity index (χ2n) is 7.49. The number of fused-ring (bicyclic) bond motifs is 2. The second kappa shape index (κ2) is 7.16. The lowest BCUT2D eigenvalue weighted by molar-refractivity contribution is 0.256. The molecule has 2 aromatic carbocycles. The zero-order chi connectivity index (χ0) is 20.0. The van der Waals surface area contributed by atoms with Crippen LogP contribution in [-0.2, 0) is 10.0 Å². The van der Waals surface area contributed by atoms with Gasteiger partial charge >= 0.3 is 0 Å². The molecule has 0 aliphatic carbocycles. The van der Waals surface area contributed by atoms with E-state index in [9.17, 15) is 8.42 Å². The zero-order valence-electron chi connectivity index (χ0n) is 16.1. The first-order valence-electron chi connectivity index (χ1n) is 9.77. The summed E-state index contributed by atoms with van der Waals surface area (Å²) in [4.78, 5) is 9.50. The molecule has 29 heavy (non-hydrogen) atoms. The van der Waals surface area contributed by atoms with E-state index >= 15 is 0 Å². The molecule has 1 aliphatic rings. The molecule has 0 unspecified atom stereocenters. The Bertz CT molecular complexity index is 1280. The van der Waals surface area contributed by atoms with Crippen LogP contribution in [0.25, 0.3) is 21.1 Å². The standard InChI is InChI=1S/C22H21N3O2S2/c1-15-13-16-7-6-11-20(21(16)23-14-15)29(26,27)25-12-5-4-9-18(25)22-24-17-8-2-3-10-19(17)28-22/h2-3,6-8,10-11,13-14,18H,4-5,9,12H2,1H3/t18-/m0/s1. The van der Waals surface area contributed by atoms with Crippen LogP contribution in [-0.4, -0.2) is 29.2 Å². The summed E-state index contributed by atoms with van der Waals surface area (Å²) in [5, 5.41) is 1.72. The van der Waals surface area contributed by atoms with E-state index in [4.69, 9.17) is 4.98 Å². The van der Waals surface area contributed by atoms with E-state index in [1.54, 1.807) is 34.0 Å². The van der Waals surface area contributed by atoms with E-state index in [1.807, 2.05) is 43.3 Å². The molecule has 2 aromatic heterocycles. The largest absolute Gasteiger partial charge is 0.255 e. The van der Waals surface area contributed by atoms with Gasteiger partial charge in [-0.05, 0) is 49.6 Å². The Labute approximate surface area is 174 Å². The van der Waals surface area contributed by atoms with Gasteiger partial charge in [0.15, 0.2) is 0 Å². The fourth-order valence-electron chi connectivity index (χ4n) is 4.05. The van der Waals surface area contributed by atoms with Gasteiger partial charge in [0, 0.05) is 18.1 Å². The molecule has 1 aliphatic heterocycles. The van der Waals surface area contributed by atoms with E-state index in [0.29, 0.717) is 12.1 Å². The number of piperidine rings is 1. The minimum Gasteiger partial charge on any atom is -0.255 e. The number of rotatable bonds is 3. The quantitative estimate of drug-likeness (QED) is 0.462. The van der Waals surface area contributed by atoms with Crippen LogP contribution in [0.2, 0.25) is 0 Å². The molecule has 0 spiro atoms. The smallest absolute Gasteiger partial charge is 0.245 e. The highest BCUT2D eigenvalue weighted by atomic mass is 32.2. The van der Waals surface area contributed by atoms with Crippen molar-refractivity contribution in [3.63, 3.8) is 0 Å². The minimum atomic E-state index is -3.70. The van der Waals surface area contributed by atoms with Crippen molar-refractivity contribution in [1.29, 1.82) is 0 Å². The molecule has 0 amide bonds. The maximum absolute atomic E-state index is 13.7. The van der Waals surface area contributed by atoms with E-state index in [2.05, 4.69) is 4.98 Å². The van der Waals surface area contributed by atoms with Gasteiger partial charge in [-0.15, -0.1) is 11.3 Å². The molecule has 148 valence electrons. The van der Waals surface area contributed by atoms with Crippen LogP contribution in [0.1, 0.15) is 35.9 Å². The molecule has 5 rings (SSSR count). The van der Waals surface area contributed by atoms with Gasteiger partial charge in [0.25, 0.3) is 0 Å². The molecule has 1 fully saturated rings. The maximum atomic E-state index is 13.7. The Morgan fingerprint density at radius 1 is 1.10 bits per heavy atom. The van der Waals surface area contributed by atoms with Crippen LogP contribution >= 0.6 is 11.3 Å². The topological polar surface area (TPSA) is 63.2 Å². The Morgan fingerprint density at radius 3 is 2.83 bits per heavy atom. The van der Waals surface area contributed by atoms with E-state index in [0.717, 1.165) is 45.4 Å². The van der Waals surface area contributed by atoms with Crippen LogP contribution in [0.3, 0.4) is 0 Å². The Kier molecular flexibility index (Phi) is 4.61. The summed E-state index contributed by atoms with van der Waals surface area (Å²) in [6.45, 7) is 2.46. The molecule has 1 atom stereocenters. The molecule has 4 aromatic rings. The molecule has 0 radical (unpaired) electrons. The molecule has 0 N–H and O–H groups in total. The first kappa shape index (κ1) is 18.7. The van der Waals surface area contributed by atoms with Gasteiger partial charge in [-0.2, -0.15) is 4.31 Å². The summed E-state index contributed by atoms with van der Waals surface area (Å²) < 4.78 is 30.2. The summed E-state index contributed by atoms with van der Waals surface area (Å²) in [5.41, 5.74) is 2.47. The van der Waals surface area contributed by atoms with Gasteiger partial charge in [-0.25, -0.2) is 13.4 Å². The van der Waals surface area contributed by atoms with Crippen molar-refractivity contribution in [1.82, 2.24) is 14.3 Å². The van der Waals surface area contributed by atoms with Crippen molar-refractivity contribution in [2.75, 3.05) is 6.54 Å². The normalized spacial score (nSPS) is 18.4. The number of hydrogen-bond donors (Lipinski definition) is 0. The first-order valence-corrected chi connectivity index (χ1v) is 12.0. The third kappa shape index (κ3) is 3.23. The average molecular weight is 424 g/mol. The van der Waals surface area contributed by atoms with Gasteiger partial charge in [-0.1, -0.05) is 30.7 Å². The number of benzene rings is 2. The lowest BCUT2D eigenvalue weighted by atomic mass is 10.1. The predicted molar refractivity (Wildman–Crippen MR) is 117 cm³/mol. The average Bonchev–Trinajstić information content (AvgIpc) is 3.17. The zero-order valence-corrected chi connectivity index (χ0v) is 17.7.